The molecule has 1 aromatic rings. The molecule has 0 aliphatic heterocycles. The van der Waals surface area contributed by atoms with E-state index in [2.05, 4.69) is 34.9 Å². The number of nitrogens with zero attached hydrogens (tertiary/aromatic N) is 2. The molecule has 1 saturated carbocycles. The van der Waals surface area contributed by atoms with Gasteiger partial charge in [0.05, 0.1) is 5.69 Å². The normalized spacial score (nSPS) is 16.1. The summed E-state index contributed by atoms with van der Waals surface area (Å²) in [6.07, 6.45) is 8.91. The van der Waals surface area contributed by atoms with E-state index >= 15 is 0 Å². The molecule has 3 heteroatoms. The minimum Gasteiger partial charge on any atom is -0.356 e. The lowest BCUT2D eigenvalue weighted by molar-refractivity contribution is 0.302. The SMILES string of the molecule is CCCn1cc(C)nc1NCCC1CCC1. The highest BCUT2D eigenvalue weighted by Gasteiger charge is 2.16. The first-order valence-electron chi connectivity index (χ1n) is 6.57. The molecule has 0 radical (unpaired) electrons. The Labute approximate surface area is 98.3 Å². The topological polar surface area (TPSA) is 29.9 Å². The number of hydrogen-bond acceptors (Lipinski definition) is 2. The van der Waals surface area contributed by atoms with E-state index in [9.17, 15) is 0 Å². The summed E-state index contributed by atoms with van der Waals surface area (Å²) in [7, 11) is 0. The van der Waals surface area contributed by atoms with Crippen LogP contribution in [-0.2, 0) is 6.54 Å². The minimum atomic E-state index is 0.975. The van der Waals surface area contributed by atoms with Crippen molar-refractivity contribution in [3.63, 3.8) is 0 Å². The van der Waals surface area contributed by atoms with Crippen LogP contribution >= 0.6 is 0 Å². The molecule has 1 aliphatic carbocycles. The molecule has 16 heavy (non-hydrogen) atoms. The van der Waals surface area contributed by atoms with Crippen LogP contribution < -0.4 is 5.32 Å². The standard InChI is InChI=1S/C13H23N3/c1-3-9-16-10-11(2)15-13(16)14-8-7-12-5-4-6-12/h10,12H,3-9H2,1-2H3,(H,14,15). The average Bonchev–Trinajstić information content (AvgIpc) is 2.52. The van der Waals surface area contributed by atoms with Gasteiger partial charge in [-0.15, -0.1) is 0 Å². The fourth-order valence-electron chi connectivity index (χ4n) is 2.27. The van der Waals surface area contributed by atoms with Crippen LogP contribution in [0.3, 0.4) is 0 Å². The highest BCUT2D eigenvalue weighted by atomic mass is 15.2. The van der Waals surface area contributed by atoms with Gasteiger partial charge < -0.3 is 9.88 Å². The van der Waals surface area contributed by atoms with E-state index in [1.807, 2.05) is 0 Å². The van der Waals surface area contributed by atoms with E-state index in [1.165, 1.54) is 25.7 Å². The summed E-state index contributed by atoms with van der Waals surface area (Å²) in [6.45, 7) is 6.40. The molecule has 1 heterocycles. The van der Waals surface area contributed by atoms with E-state index in [0.717, 1.165) is 37.1 Å². The molecule has 1 fully saturated rings. The van der Waals surface area contributed by atoms with E-state index in [-0.39, 0.29) is 0 Å². The Hall–Kier alpha value is -0.990. The van der Waals surface area contributed by atoms with E-state index in [4.69, 9.17) is 0 Å². The minimum absolute atomic E-state index is 0.975. The fraction of sp³-hybridized carbons (Fsp3) is 0.769. The lowest BCUT2D eigenvalue weighted by Crippen LogP contribution is -2.17. The average molecular weight is 221 g/mol. The monoisotopic (exact) mass is 221 g/mol. The van der Waals surface area contributed by atoms with Gasteiger partial charge in [0.25, 0.3) is 0 Å². The van der Waals surface area contributed by atoms with Crippen LogP contribution in [0.1, 0.15) is 44.7 Å². The number of anilines is 1. The largest absolute Gasteiger partial charge is 0.356 e. The molecule has 0 saturated heterocycles. The third-order valence-electron chi connectivity index (χ3n) is 3.42. The van der Waals surface area contributed by atoms with Crippen molar-refractivity contribution in [3.05, 3.63) is 11.9 Å². The van der Waals surface area contributed by atoms with Crippen LogP contribution in [0.15, 0.2) is 6.20 Å². The predicted octanol–water partition coefficient (Wildman–Crippen LogP) is 3.20. The lowest BCUT2D eigenvalue weighted by Gasteiger charge is -2.25. The molecular formula is C13H23N3. The number of imidazole rings is 1. The summed E-state index contributed by atoms with van der Waals surface area (Å²) >= 11 is 0. The molecule has 0 spiro atoms. The molecule has 0 bridgehead atoms. The van der Waals surface area contributed by atoms with Crippen LogP contribution in [0.4, 0.5) is 5.95 Å². The van der Waals surface area contributed by atoms with Gasteiger partial charge in [0.1, 0.15) is 0 Å². The zero-order valence-corrected chi connectivity index (χ0v) is 10.5. The molecule has 90 valence electrons. The van der Waals surface area contributed by atoms with Crippen molar-refractivity contribution in [2.24, 2.45) is 5.92 Å². The Balaban J connectivity index is 1.81. The Morgan fingerprint density at radius 1 is 1.50 bits per heavy atom. The summed E-state index contributed by atoms with van der Waals surface area (Å²) in [6, 6.07) is 0. The molecule has 0 aromatic carbocycles. The molecule has 0 atom stereocenters. The van der Waals surface area contributed by atoms with Gasteiger partial charge in [0.15, 0.2) is 0 Å². The van der Waals surface area contributed by atoms with Crippen molar-refractivity contribution in [3.8, 4) is 0 Å². The van der Waals surface area contributed by atoms with Crippen molar-refractivity contribution >= 4 is 5.95 Å². The molecule has 0 unspecified atom stereocenters. The Kier molecular flexibility index (Phi) is 3.86. The van der Waals surface area contributed by atoms with Crippen LogP contribution in [0.2, 0.25) is 0 Å². The van der Waals surface area contributed by atoms with Crippen molar-refractivity contribution in [1.29, 1.82) is 0 Å². The molecule has 1 aliphatic rings. The number of aryl methyl sites for hydroxylation is 2. The van der Waals surface area contributed by atoms with Crippen LogP contribution in [-0.4, -0.2) is 16.1 Å². The first-order valence-corrected chi connectivity index (χ1v) is 6.57. The van der Waals surface area contributed by atoms with Crippen LogP contribution in [0, 0.1) is 12.8 Å². The maximum Gasteiger partial charge on any atom is 0.203 e. The first-order chi connectivity index (χ1) is 7.79. The second-order valence-corrected chi connectivity index (χ2v) is 4.91. The summed E-state index contributed by atoms with van der Waals surface area (Å²) in [5.41, 5.74) is 1.11. The van der Waals surface area contributed by atoms with Crippen molar-refractivity contribution in [2.75, 3.05) is 11.9 Å². The molecule has 1 aromatic heterocycles. The highest BCUT2D eigenvalue weighted by Crippen LogP contribution is 2.29. The summed E-state index contributed by atoms with van der Waals surface area (Å²) in [5.74, 6) is 2.03. The zero-order valence-electron chi connectivity index (χ0n) is 10.5. The molecule has 1 N–H and O–H groups in total. The van der Waals surface area contributed by atoms with Gasteiger partial charge in [-0.25, -0.2) is 4.98 Å². The van der Waals surface area contributed by atoms with Crippen LogP contribution in [0.25, 0.3) is 0 Å². The number of aromatic nitrogens is 2. The summed E-state index contributed by atoms with van der Waals surface area (Å²) in [5, 5.41) is 3.47. The number of hydrogen-bond donors (Lipinski definition) is 1. The van der Waals surface area contributed by atoms with Gasteiger partial charge in [0, 0.05) is 19.3 Å². The fourth-order valence-corrected chi connectivity index (χ4v) is 2.27. The summed E-state index contributed by atoms with van der Waals surface area (Å²) in [4.78, 5) is 4.52. The van der Waals surface area contributed by atoms with E-state index in [1.54, 1.807) is 0 Å². The second-order valence-electron chi connectivity index (χ2n) is 4.91. The third-order valence-corrected chi connectivity index (χ3v) is 3.42. The lowest BCUT2D eigenvalue weighted by atomic mass is 9.83. The Morgan fingerprint density at radius 2 is 2.31 bits per heavy atom. The van der Waals surface area contributed by atoms with Gasteiger partial charge >= 0.3 is 0 Å². The molecular weight excluding hydrogens is 198 g/mol. The van der Waals surface area contributed by atoms with Gasteiger partial charge in [-0.1, -0.05) is 26.2 Å². The number of nitrogens with one attached hydrogen (secondary N) is 1. The highest BCUT2D eigenvalue weighted by molar-refractivity contribution is 5.28. The van der Waals surface area contributed by atoms with Gasteiger partial charge in [-0.05, 0) is 25.7 Å². The third kappa shape index (κ3) is 2.77. The second kappa shape index (κ2) is 5.37. The maximum absolute atomic E-state index is 4.52. The van der Waals surface area contributed by atoms with E-state index < -0.39 is 0 Å². The van der Waals surface area contributed by atoms with Crippen molar-refractivity contribution in [2.45, 2.75) is 52.5 Å². The van der Waals surface area contributed by atoms with Gasteiger partial charge in [0.2, 0.25) is 5.95 Å². The Bertz CT molecular complexity index is 326. The predicted molar refractivity (Wildman–Crippen MR) is 67.7 cm³/mol. The van der Waals surface area contributed by atoms with Gasteiger partial charge in [-0.3, -0.25) is 0 Å². The molecule has 2 rings (SSSR count). The van der Waals surface area contributed by atoms with Crippen LogP contribution in [0.5, 0.6) is 0 Å². The maximum atomic E-state index is 4.52. The quantitative estimate of drug-likeness (QED) is 0.799. The smallest absolute Gasteiger partial charge is 0.203 e. The van der Waals surface area contributed by atoms with Crippen molar-refractivity contribution < 1.29 is 0 Å². The molecule has 0 amide bonds. The number of rotatable bonds is 6. The Morgan fingerprint density at radius 3 is 2.94 bits per heavy atom. The molecule has 3 nitrogen and oxygen atoms in total. The van der Waals surface area contributed by atoms with E-state index in [0.29, 0.717) is 0 Å². The van der Waals surface area contributed by atoms with Crippen molar-refractivity contribution in [1.82, 2.24) is 9.55 Å². The first kappa shape index (κ1) is 11.5. The zero-order chi connectivity index (χ0) is 11.4. The van der Waals surface area contributed by atoms with Gasteiger partial charge in [-0.2, -0.15) is 0 Å². The summed E-state index contributed by atoms with van der Waals surface area (Å²) < 4.78 is 2.23.